The molecule has 0 aliphatic rings. The summed E-state index contributed by atoms with van der Waals surface area (Å²) in [5.74, 6) is 0. The highest BCUT2D eigenvalue weighted by Crippen LogP contribution is 0.846. The monoisotopic (exact) mass is 96.9 g/mol. The third-order valence-corrected chi connectivity index (χ3v) is 0. The molecule has 0 unspecified atom stereocenters. The number of rotatable bonds is 0. The molecule has 0 fully saturated rings. The predicted molar refractivity (Wildman–Crippen MR) is 17.7 cm³/mol. The zero-order chi connectivity index (χ0) is 2.71. The van der Waals surface area contributed by atoms with E-state index in [0.717, 1.165) is 0 Å². The first-order valence-corrected chi connectivity index (χ1v) is 1.00. The summed E-state index contributed by atoms with van der Waals surface area (Å²) in [7, 11) is 0. The topological polar surface area (TPSA) is 34.1 Å². The van der Waals surface area contributed by atoms with Crippen molar-refractivity contribution >= 4 is 25.1 Å². The molecule has 0 saturated carbocycles. The summed E-state index contributed by atoms with van der Waals surface area (Å²) < 4.78 is 16.6. The molecule has 0 heterocycles. The van der Waals surface area contributed by atoms with E-state index in [4.69, 9.17) is 8.42 Å². The lowest BCUT2D eigenvalue weighted by Gasteiger charge is -0.947. The molecule has 0 N–H and O–H groups in total. The van der Waals surface area contributed by atoms with Gasteiger partial charge in [0.05, 0.1) is 0 Å². The van der Waals surface area contributed by atoms with E-state index in [0.29, 0.717) is 0 Å². The van der Waals surface area contributed by atoms with Crippen molar-refractivity contribution in [3.05, 3.63) is 0 Å². The van der Waals surface area contributed by atoms with Crippen molar-refractivity contribution < 1.29 is 8.42 Å². The van der Waals surface area contributed by atoms with Crippen LogP contribution >= 0.6 is 0 Å². The average Bonchev–Trinajstić information content (AvgIpc) is 0.918. The molecule has 0 rings (SSSR count). The highest BCUT2D eigenvalue weighted by Gasteiger charge is 1.12. The van der Waals surface area contributed by atoms with Crippen LogP contribution in [0.2, 0.25) is 0 Å². The predicted octanol–water partition coefficient (Wildman–Crippen LogP) is -0.940. The van der Waals surface area contributed by atoms with Gasteiger partial charge in [0.2, 0.25) is 0 Å². The molecular formula is HO2S2-. The molecule has 2 nitrogen and oxygen atoms in total. The van der Waals surface area contributed by atoms with Gasteiger partial charge in [-0.1, -0.05) is 0 Å². The molecule has 0 bridgehead atoms. The minimum atomic E-state index is -0.750. The standard InChI is InChI=1S/O2S.H2S/c1-3-2;/h;1H2/p-1. The Kier molecular flexibility index (Phi) is 24.3. The van der Waals surface area contributed by atoms with E-state index < -0.39 is 11.6 Å². The van der Waals surface area contributed by atoms with Crippen LogP contribution in [0.5, 0.6) is 0 Å². The van der Waals surface area contributed by atoms with E-state index in [-0.39, 0.29) is 13.5 Å². The second-order valence-electron chi connectivity index (χ2n) is 0.0680. The molecule has 0 aromatic carbocycles. The van der Waals surface area contributed by atoms with Crippen LogP contribution in [0.25, 0.3) is 0 Å². The molecule has 26 valence electrons. The van der Waals surface area contributed by atoms with Gasteiger partial charge in [-0.2, -0.15) is 8.42 Å². The van der Waals surface area contributed by atoms with Gasteiger partial charge < -0.3 is 13.5 Å². The zero-order valence-corrected chi connectivity index (χ0v) is 3.38. The normalized spacial score (nSPS) is 3.00. The summed E-state index contributed by atoms with van der Waals surface area (Å²) in [6.07, 6.45) is 0. The Morgan fingerprint density at radius 2 is 1.25 bits per heavy atom. The second kappa shape index (κ2) is 10.9. The second-order valence-corrected chi connectivity index (χ2v) is 0.204. The van der Waals surface area contributed by atoms with Crippen molar-refractivity contribution in [2.75, 3.05) is 0 Å². The van der Waals surface area contributed by atoms with Gasteiger partial charge in [0.25, 0.3) is 0 Å². The van der Waals surface area contributed by atoms with Crippen molar-refractivity contribution in [2.24, 2.45) is 0 Å². The van der Waals surface area contributed by atoms with Gasteiger partial charge in [0.15, 0.2) is 0 Å². The first-order valence-electron chi connectivity index (χ1n) is 0.333. The molecule has 0 aromatic rings. The molecule has 0 atom stereocenters. The van der Waals surface area contributed by atoms with Gasteiger partial charge in [-0.25, -0.2) is 0 Å². The molecule has 0 spiro atoms. The molecule has 4 heavy (non-hydrogen) atoms. The van der Waals surface area contributed by atoms with Crippen LogP contribution in [0, 0.1) is 0 Å². The summed E-state index contributed by atoms with van der Waals surface area (Å²) in [6.45, 7) is 0. The SMILES string of the molecule is O=S=O.[SH-]. The molecule has 0 aromatic heterocycles. The maximum Gasteiger partial charge on any atom is 0.335 e. The number of thiol groups is 1. The van der Waals surface area contributed by atoms with Crippen molar-refractivity contribution in [2.45, 2.75) is 0 Å². The summed E-state index contributed by atoms with van der Waals surface area (Å²) in [6, 6.07) is 0. The van der Waals surface area contributed by atoms with E-state index >= 15 is 0 Å². The molecule has 0 saturated heterocycles. The Balaban J connectivity index is 0. The number of hydrogen-bond donors (Lipinski definition) is 0. The fourth-order valence-electron chi connectivity index (χ4n) is 0. The first-order chi connectivity index (χ1) is 1.41. The Labute approximate surface area is 34.3 Å². The summed E-state index contributed by atoms with van der Waals surface area (Å²) in [5.41, 5.74) is 0. The Bertz CT molecular complexity index is 25.0. The quantitative estimate of drug-likeness (QED) is 0.289. The van der Waals surface area contributed by atoms with E-state index in [1.54, 1.807) is 0 Å². The minimum Gasteiger partial charge on any atom is -0.813 e. The van der Waals surface area contributed by atoms with Gasteiger partial charge in [-0.3, -0.25) is 0 Å². The van der Waals surface area contributed by atoms with Crippen LogP contribution < -0.4 is 0 Å². The van der Waals surface area contributed by atoms with Crippen LogP contribution in [-0.4, -0.2) is 8.42 Å². The van der Waals surface area contributed by atoms with Gasteiger partial charge in [0.1, 0.15) is 0 Å². The van der Waals surface area contributed by atoms with Crippen molar-refractivity contribution in [3.63, 3.8) is 0 Å². The fraction of sp³-hybridized carbons (Fsp3) is 0. The molecule has 4 heteroatoms. The highest BCUT2D eigenvalue weighted by atomic mass is 32.1. The maximum atomic E-state index is 8.29. The third-order valence-electron chi connectivity index (χ3n) is 0. The highest BCUT2D eigenvalue weighted by molar-refractivity contribution is 7.51. The van der Waals surface area contributed by atoms with E-state index in [2.05, 4.69) is 0 Å². The van der Waals surface area contributed by atoms with Crippen LogP contribution in [-0.2, 0) is 25.1 Å². The van der Waals surface area contributed by atoms with E-state index in [1.807, 2.05) is 0 Å². The van der Waals surface area contributed by atoms with Gasteiger partial charge in [0, 0.05) is 0 Å². The van der Waals surface area contributed by atoms with E-state index in [1.165, 1.54) is 0 Å². The molecule has 0 aliphatic carbocycles. The van der Waals surface area contributed by atoms with Crippen molar-refractivity contribution in [1.29, 1.82) is 0 Å². The van der Waals surface area contributed by atoms with Crippen molar-refractivity contribution in [3.8, 4) is 0 Å². The average molecular weight is 97.1 g/mol. The Morgan fingerprint density at radius 1 is 1.25 bits per heavy atom. The Morgan fingerprint density at radius 3 is 1.25 bits per heavy atom. The van der Waals surface area contributed by atoms with Crippen molar-refractivity contribution in [1.82, 2.24) is 0 Å². The van der Waals surface area contributed by atoms with Gasteiger partial charge in [-0.05, 0) is 0 Å². The minimum absolute atomic E-state index is 0. The summed E-state index contributed by atoms with van der Waals surface area (Å²) >= 11 is -0.750. The lowest BCUT2D eigenvalue weighted by Crippen LogP contribution is -1.18. The molecular weight excluding hydrogens is 96.1 g/mol. The van der Waals surface area contributed by atoms with E-state index in [9.17, 15) is 0 Å². The zero-order valence-electron chi connectivity index (χ0n) is 1.67. The smallest absolute Gasteiger partial charge is 0.335 e. The van der Waals surface area contributed by atoms with Gasteiger partial charge in [-0.15, -0.1) is 0 Å². The molecule has 0 radical (unpaired) electrons. The summed E-state index contributed by atoms with van der Waals surface area (Å²) in [5, 5.41) is 0. The van der Waals surface area contributed by atoms with Crippen LogP contribution in [0.15, 0.2) is 0 Å². The largest absolute Gasteiger partial charge is 0.813 e. The molecule has 0 aliphatic heterocycles. The van der Waals surface area contributed by atoms with Gasteiger partial charge >= 0.3 is 11.6 Å². The first kappa shape index (κ1) is 8.90. The summed E-state index contributed by atoms with van der Waals surface area (Å²) in [4.78, 5) is 0. The lowest BCUT2D eigenvalue weighted by molar-refractivity contribution is 0.630. The lowest BCUT2D eigenvalue weighted by atomic mass is 15.9. The third kappa shape index (κ3) is 103. The van der Waals surface area contributed by atoms with Crippen LogP contribution in [0.4, 0.5) is 0 Å². The van der Waals surface area contributed by atoms with Crippen LogP contribution in [0.1, 0.15) is 0 Å². The number of hydrogen-bond acceptors (Lipinski definition) is 3. The van der Waals surface area contributed by atoms with Crippen LogP contribution in [0.3, 0.4) is 0 Å². The Hall–Kier alpha value is 0.170. The fourth-order valence-corrected chi connectivity index (χ4v) is 0. The maximum absolute atomic E-state index is 8.29. The molecule has 0 amide bonds.